The molecule has 2 nitrogen and oxygen atoms in total. The number of hydrogen-bond donors (Lipinski definition) is 0. The van der Waals surface area contributed by atoms with Crippen molar-refractivity contribution in [1.82, 2.24) is 0 Å². The van der Waals surface area contributed by atoms with Gasteiger partial charge in [-0.05, 0) is 0 Å². The molecule has 0 fully saturated rings. The predicted molar refractivity (Wildman–Crippen MR) is 103 cm³/mol. The third kappa shape index (κ3) is 3.35. The van der Waals surface area contributed by atoms with E-state index in [0.29, 0.717) is 15.0 Å². The molecule has 1 aliphatic rings. The fourth-order valence-electron chi connectivity index (χ4n) is 3.33. The van der Waals surface area contributed by atoms with Gasteiger partial charge in [0.25, 0.3) is 0 Å². The van der Waals surface area contributed by atoms with Crippen molar-refractivity contribution < 1.29 is 28.5 Å². The molecule has 128 valence electrons. The molecule has 0 spiro atoms. The molecule has 0 aliphatic carbocycles. The van der Waals surface area contributed by atoms with Crippen LogP contribution in [0.1, 0.15) is 19.4 Å². The topological polar surface area (TPSA) is 7.12 Å². The molecule has 2 aromatic carbocycles. The fourth-order valence-corrected chi connectivity index (χ4v) is 5.80. The molecule has 4 rings (SSSR count). The third-order valence-corrected chi connectivity index (χ3v) is 6.87. The van der Waals surface area contributed by atoms with Crippen LogP contribution in [0.2, 0.25) is 0 Å². The maximum atomic E-state index is 2.46. The molecule has 0 saturated carbocycles. The van der Waals surface area contributed by atoms with Crippen LogP contribution in [-0.4, -0.2) is 21.5 Å². The van der Waals surface area contributed by atoms with E-state index in [0.717, 1.165) is 13.1 Å². The van der Waals surface area contributed by atoms with Crippen LogP contribution in [0.25, 0.3) is 17.0 Å². The molecule has 2 heterocycles. The van der Waals surface area contributed by atoms with Gasteiger partial charge in [0, 0.05) is 0 Å². The maximum Gasteiger partial charge on any atom is -1.00 e. The number of pyridine rings is 1. The van der Waals surface area contributed by atoms with Gasteiger partial charge in [0.1, 0.15) is 0 Å². The van der Waals surface area contributed by atoms with E-state index in [1.54, 1.807) is 0 Å². The van der Waals surface area contributed by atoms with Crippen molar-refractivity contribution in [3.8, 4) is 0 Å². The molecular weight excluding hydrogens is 486 g/mol. The summed E-state index contributed by atoms with van der Waals surface area (Å²) in [5, 5.41) is 1.33. The monoisotopic (exact) mass is 508 g/mol. The summed E-state index contributed by atoms with van der Waals surface area (Å²) < 4.78 is 5.25. The van der Waals surface area contributed by atoms with Gasteiger partial charge < -0.3 is 24.0 Å². The summed E-state index contributed by atoms with van der Waals surface area (Å²) in [6.45, 7) is 6.44. The van der Waals surface area contributed by atoms with Crippen LogP contribution in [0, 0.1) is 0 Å². The third-order valence-electron chi connectivity index (χ3n) is 4.53. The van der Waals surface area contributed by atoms with Gasteiger partial charge in [-0.1, -0.05) is 0 Å². The molecule has 0 saturated heterocycles. The maximum absolute atomic E-state index is 2.46. The number of hydrogen-bond acceptors (Lipinski definition) is 1. The van der Waals surface area contributed by atoms with E-state index >= 15 is 0 Å². The van der Waals surface area contributed by atoms with Crippen molar-refractivity contribution in [2.45, 2.75) is 20.4 Å². The van der Waals surface area contributed by atoms with Gasteiger partial charge in [0.05, 0.1) is 0 Å². The second-order valence-electron chi connectivity index (χ2n) is 5.87. The Bertz CT molecular complexity index is 936. The van der Waals surface area contributed by atoms with Gasteiger partial charge in [-0.15, -0.1) is 0 Å². The van der Waals surface area contributed by atoms with Crippen molar-refractivity contribution in [2.75, 3.05) is 11.4 Å². The first-order valence-corrected chi connectivity index (χ1v) is 10.2. The van der Waals surface area contributed by atoms with E-state index in [9.17, 15) is 0 Å². The minimum Gasteiger partial charge on any atom is -1.00 e. The number of benzene rings is 2. The molecule has 4 heteroatoms. The standard InChI is InChI=1S/C21H21N2Se.HI/c1-3-22-14-13-16(17-9-5-6-10-18(17)22)15-21-23(4-2)19-11-7-8-12-20(19)24-21;/h5-15H,3-4H2,1-2H3;1H/q+1;/p-1. The normalized spacial score (nSPS) is 14.6. The molecule has 25 heavy (non-hydrogen) atoms. The molecule has 3 aromatic rings. The number of halogens is 1. The zero-order chi connectivity index (χ0) is 16.5. The van der Waals surface area contributed by atoms with Crippen LogP contribution >= 0.6 is 0 Å². The van der Waals surface area contributed by atoms with Crippen molar-refractivity contribution in [3.05, 3.63) is 71.0 Å². The van der Waals surface area contributed by atoms with E-state index < -0.39 is 0 Å². The number of fused-ring (bicyclic) bond motifs is 2. The van der Waals surface area contributed by atoms with Crippen LogP contribution in [0.5, 0.6) is 0 Å². The van der Waals surface area contributed by atoms with Crippen LogP contribution < -0.4 is 37.9 Å². The Labute approximate surface area is 172 Å². The van der Waals surface area contributed by atoms with Gasteiger partial charge in [-0.3, -0.25) is 0 Å². The fraction of sp³-hybridized carbons (Fsp3) is 0.190. The Hall–Kier alpha value is -1.36. The van der Waals surface area contributed by atoms with Crippen LogP contribution in [0.15, 0.2) is 65.4 Å². The Balaban J connectivity index is 0.00000182. The first-order valence-electron chi connectivity index (χ1n) is 8.49. The molecule has 0 radical (unpaired) electrons. The number of rotatable bonds is 3. The molecule has 1 aliphatic heterocycles. The second-order valence-corrected chi connectivity index (χ2v) is 8.10. The molecule has 1 aromatic heterocycles. The molecule has 0 N–H and O–H groups in total. The largest absolute Gasteiger partial charge is 1.00 e. The first kappa shape index (κ1) is 18.4. The summed E-state index contributed by atoms with van der Waals surface area (Å²) in [5.41, 5.74) is 4.01. The van der Waals surface area contributed by atoms with E-state index in [2.05, 4.69) is 90.2 Å². The Kier molecular flexibility index (Phi) is 5.82. The minimum absolute atomic E-state index is 0. The average Bonchev–Trinajstić information content (AvgIpc) is 2.99. The summed E-state index contributed by atoms with van der Waals surface area (Å²) >= 11 is 0.379. The molecule has 0 bridgehead atoms. The zero-order valence-electron chi connectivity index (χ0n) is 14.4. The van der Waals surface area contributed by atoms with Gasteiger partial charge >= 0.3 is 149 Å². The van der Waals surface area contributed by atoms with Crippen LogP contribution in [0.3, 0.4) is 0 Å². The van der Waals surface area contributed by atoms with Gasteiger partial charge in [0.2, 0.25) is 0 Å². The van der Waals surface area contributed by atoms with Gasteiger partial charge in [0.15, 0.2) is 0 Å². The van der Waals surface area contributed by atoms with E-state index in [-0.39, 0.29) is 24.0 Å². The smallest absolute Gasteiger partial charge is 1.00 e. The SMILES string of the molecule is CCN1/C(=C/c2cc[n+](CC)c3ccccc23)[Se]c2ccccc21.[I-]. The van der Waals surface area contributed by atoms with Crippen molar-refractivity contribution in [1.29, 1.82) is 0 Å². The number of para-hydroxylation sites is 2. The Morgan fingerprint density at radius 3 is 2.56 bits per heavy atom. The Morgan fingerprint density at radius 2 is 1.76 bits per heavy atom. The molecule has 0 atom stereocenters. The number of nitrogens with zero attached hydrogens (tertiary/aromatic N) is 2. The zero-order valence-corrected chi connectivity index (χ0v) is 18.3. The minimum atomic E-state index is 0. The number of aryl methyl sites for hydroxylation is 1. The summed E-state index contributed by atoms with van der Waals surface area (Å²) in [6, 6.07) is 19.8. The summed E-state index contributed by atoms with van der Waals surface area (Å²) in [7, 11) is 0. The van der Waals surface area contributed by atoms with E-state index in [1.807, 2.05) is 0 Å². The van der Waals surface area contributed by atoms with Crippen molar-refractivity contribution in [3.63, 3.8) is 0 Å². The second kappa shape index (κ2) is 7.90. The summed E-state index contributed by atoms with van der Waals surface area (Å²) in [6.07, 6.45) is 4.60. The number of aromatic nitrogens is 1. The quantitative estimate of drug-likeness (QED) is 0.282. The van der Waals surface area contributed by atoms with Crippen molar-refractivity contribution >= 4 is 42.1 Å². The molecular formula is C21H21IN2Se. The predicted octanol–water partition coefficient (Wildman–Crippen LogP) is 0.319. The average molecular weight is 507 g/mol. The number of anilines is 1. The molecule has 0 amide bonds. The van der Waals surface area contributed by atoms with Crippen molar-refractivity contribution in [2.24, 2.45) is 0 Å². The van der Waals surface area contributed by atoms with E-state index in [1.165, 1.54) is 31.2 Å². The summed E-state index contributed by atoms with van der Waals surface area (Å²) in [4.78, 5) is 2.46. The van der Waals surface area contributed by atoms with Gasteiger partial charge in [-0.2, -0.15) is 0 Å². The van der Waals surface area contributed by atoms with Gasteiger partial charge in [-0.25, -0.2) is 0 Å². The van der Waals surface area contributed by atoms with Crippen LogP contribution in [-0.2, 0) is 6.54 Å². The summed E-state index contributed by atoms with van der Waals surface area (Å²) in [5.74, 6) is 0. The van der Waals surface area contributed by atoms with Crippen LogP contribution in [0.4, 0.5) is 5.69 Å². The Morgan fingerprint density at radius 1 is 1.00 bits per heavy atom. The first-order chi connectivity index (χ1) is 11.8. The van der Waals surface area contributed by atoms with E-state index in [4.69, 9.17) is 0 Å². The molecule has 0 unspecified atom stereocenters.